The molecule has 218 valence electrons. The van der Waals surface area contributed by atoms with Crippen molar-refractivity contribution in [2.75, 3.05) is 13.2 Å². The molecular formula is C32H44F5NO. The van der Waals surface area contributed by atoms with E-state index in [1.807, 2.05) is 6.92 Å². The van der Waals surface area contributed by atoms with E-state index in [2.05, 4.69) is 18.8 Å². The summed E-state index contributed by atoms with van der Waals surface area (Å²) in [4.78, 5) is 3.70. The number of hydrogen-bond donors (Lipinski definition) is 0. The molecule has 2 atom stereocenters. The zero-order valence-corrected chi connectivity index (χ0v) is 23.7. The maximum atomic E-state index is 15.4. The fourth-order valence-corrected chi connectivity index (χ4v) is 5.59. The molecule has 0 spiro atoms. The van der Waals surface area contributed by atoms with Gasteiger partial charge in [-0.2, -0.15) is 4.39 Å². The molecule has 2 nitrogen and oxygen atoms in total. The van der Waals surface area contributed by atoms with E-state index in [4.69, 9.17) is 4.74 Å². The highest BCUT2D eigenvalue weighted by Gasteiger charge is 2.47. The van der Waals surface area contributed by atoms with Gasteiger partial charge in [-0.3, -0.25) is 0 Å². The molecule has 1 aromatic heterocycles. The minimum absolute atomic E-state index is 0.122. The van der Waals surface area contributed by atoms with E-state index in [1.54, 1.807) is 0 Å². The largest absolute Gasteiger partial charge is 0.381 e. The summed E-state index contributed by atoms with van der Waals surface area (Å²) in [7, 11) is 0. The lowest BCUT2D eigenvalue weighted by molar-refractivity contribution is -0.0825. The van der Waals surface area contributed by atoms with E-state index >= 15 is 17.6 Å². The summed E-state index contributed by atoms with van der Waals surface area (Å²) in [6.07, 6.45) is 9.65. The summed E-state index contributed by atoms with van der Waals surface area (Å²) in [5.74, 6) is -7.52. The van der Waals surface area contributed by atoms with Gasteiger partial charge >= 0.3 is 0 Å². The number of aryl methyl sites for hydroxylation is 1. The number of ether oxygens (including phenoxy) is 1. The van der Waals surface area contributed by atoms with Crippen LogP contribution in [0, 0.1) is 29.4 Å². The number of fused-ring (bicyclic) bond motifs is 1. The number of aromatic nitrogens is 1. The van der Waals surface area contributed by atoms with Gasteiger partial charge in [0.2, 0.25) is 5.95 Å². The van der Waals surface area contributed by atoms with Crippen molar-refractivity contribution in [2.24, 2.45) is 11.8 Å². The number of halogens is 5. The molecule has 0 N–H and O–H groups in total. The van der Waals surface area contributed by atoms with Crippen LogP contribution in [0.1, 0.15) is 108 Å². The Morgan fingerprint density at radius 2 is 1.67 bits per heavy atom. The van der Waals surface area contributed by atoms with Gasteiger partial charge in [0.15, 0.2) is 11.6 Å². The third kappa shape index (κ3) is 8.25. The molecule has 0 aliphatic heterocycles. The van der Waals surface area contributed by atoms with Crippen LogP contribution in [0.3, 0.4) is 0 Å². The van der Waals surface area contributed by atoms with E-state index in [-0.39, 0.29) is 41.1 Å². The van der Waals surface area contributed by atoms with Gasteiger partial charge in [0.25, 0.3) is 5.92 Å². The number of rotatable bonds is 16. The summed E-state index contributed by atoms with van der Waals surface area (Å²) >= 11 is 0. The molecule has 3 rings (SSSR count). The minimum Gasteiger partial charge on any atom is -0.381 e. The normalized spacial score (nSPS) is 17.3. The first kappa shape index (κ1) is 31.5. The molecule has 2 unspecified atom stereocenters. The smallest absolute Gasteiger partial charge is 0.280 e. The molecule has 7 heteroatoms. The van der Waals surface area contributed by atoms with E-state index in [1.165, 1.54) is 18.2 Å². The van der Waals surface area contributed by atoms with Crippen molar-refractivity contribution < 1.29 is 26.7 Å². The molecule has 2 aromatic rings. The first-order valence-corrected chi connectivity index (χ1v) is 14.8. The van der Waals surface area contributed by atoms with Gasteiger partial charge in [0.05, 0.1) is 11.3 Å². The molecule has 0 bridgehead atoms. The van der Waals surface area contributed by atoms with E-state index in [0.717, 1.165) is 58.0 Å². The summed E-state index contributed by atoms with van der Waals surface area (Å²) in [5.41, 5.74) is -0.668. The van der Waals surface area contributed by atoms with Crippen molar-refractivity contribution in [3.8, 4) is 11.3 Å². The SMILES string of the molecule is CCCCCOCCCCCC1CCc2cc(-c3ccc(CC(C)CCCC)c(F)c3F)nc(F)c2C1(F)F. The number of hydrogen-bond acceptors (Lipinski definition) is 2. The number of unbranched alkanes of at least 4 members (excludes halogenated alkanes) is 5. The monoisotopic (exact) mass is 553 g/mol. The maximum Gasteiger partial charge on any atom is 0.280 e. The van der Waals surface area contributed by atoms with Crippen LogP contribution in [0.25, 0.3) is 11.3 Å². The van der Waals surface area contributed by atoms with Crippen LogP contribution in [-0.2, 0) is 23.5 Å². The minimum atomic E-state index is -3.36. The Kier molecular flexibility index (Phi) is 12.2. The maximum absolute atomic E-state index is 15.4. The molecule has 0 amide bonds. The summed E-state index contributed by atoms with van der Waals surface area (Å²) < 4.78 is 81.3. The molecule has 1 aliphatic rings. The van der Waals surface area contributed by atoms with Crippen LogP contribution in [0.5, 0.6) is 0 Å². The second kappa shape index (κ2) is 15.1. The predicted octanol–water partition coefficient (Wildman–Crippen LogP) is 9.96. The average molecular weight is 554 g/mol. The van der Waals surface area contributed by atoms with Gasteiger partial charge < -0.3 is 4.74 Å². The molecule has 0 radical (unpaired) electrons. The van der Waals surface area contributed by atoms with Crippen LogP contribution in [-0.4, -0.2) is 18.2 Å². The van der Waals surface area contributed by atoms with Gasteiger partial charge in [0, 0.05) is 24.7 Å². The van der Waals surface area contributed by atoms with Crippen molar-refractivity contribution in [1.82, 2.24) is 4.98 Å². The Balaban J connectivity index is 1.66. The Hall–Kier alpha value is -2.02. The molecule has 0 saturated heterocycles. The summed E-state index contributed by atoms with van der Waals surface area (Å²) in [5, 5.41) is 0. The molecular weight excluding hydrogens is 509 g/mol. The molecule has 39 heavy (non-hydrogen) atoms. The lowest BCUT2D eigenvalue weighted by Gasteiger charge is -2.33. The highest BCUT2D eigenvalue weighted by molar-refractivity contribution is 5.62. The number of pyridine rings is 1. The lowest BCUT2D eigenvalue weighted by atomic mass is 9.78. The van der Waals surface area contributed by atoms with Crippen molar-refractivity contribution >= 4 is 0 Å². The fraction of sp³-hybridized carbons (Fsp3) is 0.656. The van der Waals surface area contributed by atoms with Crippen molar-refractivity contribution in [3.05, 3.63) is 52.5 Å². The highest BCUT2D eigenvalue weighted by atomic mass is 19.3. The summed E-state index contributed by atoms with van der Waals surface area (Å²) in [6.45, 7) is 7.58. The molecule has 1 heterocycles. The van der Waals surface area contributed by atoms with Crippen LogP contribution < -0.4 is 0 Å². The fourth-order valence-electron chi connectivity index (χ4n) is 5.59. The predicted molar refractivity (Wildman–Crippen MR) is 146 cm³/mol. The van der Waals surface area contributed by atoms with Gasteiger partial charge in [0.1, 0.15) is 0 Å². The highest BCUT2D eigenvalue weighted by Crippen LogP contribution is 2.48. The molecule has 1 aromatic carbocycles. The third-order valence-corrected chi connectivity index (χ3v) is 7.96. The van der Waals surface area contributed by atoms with Crippen molar-refractivity contribution in [3.63, 3.8) is 0 Å². The quantitative estimate of drug-likeness (QED) is 0.117. The molecule has 1 aliphatic carbocycles. The van der Waals surface area contributed by atoms with Crippen LogP contribution in [0.15, 0.2) is 18.2 Å². The average Bonchev–Trinajstić information content (AvgIpc) is 2.89. The second-order valence-corrected chi connectivity index (χ2v) is 11.2. The van der Waals surface area contributed by atoms with Gasteiger partial charge in [-0.1, -0.05) is 71.8 Å². The van der Waals surface area contributed by atoms with Crippen LogP contribution >= 0.6 is 0 Å². The second-order valence-electron chi connectivity index (χ2n) is 11.2. The van der Waals surface area contributed by atoms with Gasteiger partial charge in [-0.05, 0) is 67.7 Å². The van der Waals surface area contributed by atoms with Crippen molar-refractivity contribution in [2.45, 2.75) is 110 Å². The molecule has 0 fully saturated rings. The van der Waals surface area contributed by atoms with Crippen LogP contribution in [0.4, 0.5) is 22.0 Å². The van der Waals surface area contributed by atoms with Crippen LogP contribution in [0.2, 0.25) is 0 Å². The first-order valence-electron chi connectivity index (χ1n) is 14.8. The van der Waals surface area contributed by atoms with E-state index in [0.29, 0.717) is 25.9 Å². The van der Waals surface area contributed by atoms with Gasteiger partial charge in [-0.15, -0.1) is 0 Å². The Labute approximate surface area is 230 Å². The van der Waals surface area contributed by atoms with E-state index in [9.17, 15) is 4.39 Å². The first-order chi connectivity index (χ1) is 18.7. The molecule has 0 saturated carbocycles. The Morgan fingerprint density at radius 3 is 2.38 bits per heavy atom. The van der Waals surface area contributed by atoms with E-state index < -0.39 is 35.0 Å². The van der Waals surface area contributed by atoms with Crippen molar-refractivity contribution in [1.29, 1.82) is 0 Å². The summed E-state index contributed by atoms with van der Waals surface area (Å²) in [6, 6.07) is 4.18. The number of alkyl halides is 2. The lowest BCUT2D eigenvalue weighted by Crippen LogP contribution is -2.33. The zero-order chi connectivity index (χ0) is 28.4. The number of nitrogens with zero attached hydrogens (tertiary/aromatic N) is 1. The Morgan fingerprint density at radius 1 is 0.949 bits per heavy atom. The Bertz CT molecular complexity index is 1060. The topological polar surface area (TPSA) is 22.1 Å². The van der Waals surface area contributed by atoms with Gasteiger partial charge in [-0.25, -0.2) is 22.5 Å². The number of benzene rings is 1. The third-order valence-electron chi connectivity index (χ3n) is 7.96. The standard InChI is InChI=1S/C32H44F5NO/c1-4-6-10-18-39-19-11-8-9-13-25-16-14-23-21-27(38-31(35)28(23)32(25,36)37)26-17-15-24(29(33)30(26)34)20-22(3)12-7-5-2/h15,17,21-22,25H,4-14,16,18-20H2,1-3H3. The zero-order valence-electron chi connectivity index (χ0n) is 23.7.